The molecule has 0 saturated heterocycles. The van der Waals surface area contributed by atoms with Crippen molar-refractivity contribution in [2.24, 2.45) is 0 Å². The van der Waals surface area contributed by atoms with Crippen LogP contribution in [0.25, 0.3) is 43.9 Å². The molecule has 8 aromatic rings. The Morgan fingerprint density at radius 2 is 0.901 bits per heavy atom. The standard InChI is InChI=1S/C51H42O20/c1-4-60-49(57)42-19-31(53)30-18-28(16-17-35(30)68-42)63-23-27(52)24-64-36-10-9-15-41-48(36)34(56)22-45(71-41)67-29(25-65-37-11-7-13-39-46(37)32(54)20-43(69-39)50(58)61-5-2)26-66-38-12-8-14-40-47(38)33(55)21-44(70-40)51(59)62-6-3/h7-22,27,29,52H,4-6,23-26H2,1-3H3. The molecule has 71 heavy (non-hydrogen) atoms. The van der Waals surface area contributed by atoms with Crippen molar-refractivity contribution in [3.63, 3.8) is 0 Å². The molecule has 1 unspecified atom stereocenters. The maximum atomic E-state index is 13.8. The van der Waals surface area contributed by atoms with Crippen molar-refractivity contribution in [1.29, 1.82) is 0 Å². The van der Waals surface area contributed by atoms with E-state index in [2.05, 4.69) is 0 Å². The number of aliphatic hydroxyl groups is 1. The second-order valence-electron chi connectivity index (χ2n) is 15.2. The van der Waals surface area contributed by atoms with Crippen LogP contribution in [0.3, 0.4) is 0 Å². The summed E-state index contributed by atoms with van der Waals surface area (Å²) in [5, 5.41) is 10.9. The number of fused-ring (bicyclic) bond motifs is 4. The van der Waals surface area contributed by atoms with Gasteiger partial charge in [-0.3, -0.25) is 19.2 Å². The summed E-state index contributed by atoms with van der Waals surface area (Å²) in [7, 11) is 0. The molecular weight excluding hydrogens is 933 g/mol. The van der Waals surface area contributed by atoms with E-state index in [9.17, 15) is 38.7 Å². The molecule has 0 aliphatic rings. The van der Waals surface area contributed by atoms with Gasteiger partial charge < -0.3 is 60.7 Å². The maximum Gasteiger partial charge on any atom is 0.374 e. The molecule has 366 valence electrons. The molecule has 4 heterocycles. The number of hydrogen-bond acceptors (Lipinski definition) is 20. The molecular formula is C51H42O20. The van der Waals surface area contributed by atoms with Crippen LogP contribution in [-0.2, 0) is 14.2 Å². The van der Waals surface area contributed by atoms with E-state index in [1.807, 2.05) is 0 Å². The van der Waals surface area contributed by atoms with Gasteiger partial charge in [-0.25, -0.2) is 14.4 Å². The SMILES string of the molecule is CCOC(=O)c1cc(=O)c2cc(OCC(O)COc3cccc4oc(OC(COc5cccc6oc(C(=O)OCC)cc(=O)c56)COc5cccc6oc(C(=O)OCC)cc(=O)c56)cc(=O)c34)ccc2o1. The van der Waals surface area contributed by atoms with Gasteiger partial charge in [-0.05, 0) is 75.4 Å². The van der Waals surface area contributed by atoms with E-state index < -0.39 is 51.8 Å². The molecule has 0 amide bonds. The van der Waals surface area contributed by atoms with Crippen molar-refractivity contribution < 1.29 is 75.1 Å². The highest BCUT2D eigenvalue weighted by molar-refractivity contribution is 5.92. The molecule has 0 aliphatic carbocycles. The third-order valence-electron chi connectivity index (χ3n) is 10.3. The summed E-state index contributed by atoms with van der Waals surface area (Å²) in [4.78, 5) is 89.9. The Morgan fingerprint density at radius 1 is 0.479 bits per heavy atom. The summed E-state index contributed by atoms with van der Waals surface area (Å²) in [5.41, 5.74) is -2.08. The first-order valence-corrected chi connectivity index (χ1v) is 22.0. The number of esters is 3. The monoisotopic (exact) mass is 974 g/mol. The molecule has 0 spiro atoms. The Labute approximate surface area is 399 Å². The zero-order chi connectivity index (χ0) is 50.2. The molecule has 0 aliphatic heterocycles. The Morgan fingerprint density at radius 3 is 1.39 bits per heavy atom. The lowest BCUT2D eigenvalue weighted by Crippen LogP contribution is -2.32. The van der Waals surface area contributed by atoms with E-state index in [1.54, 1.807) is 26.8 Å². The fourth-order valence-electron chi connectivity index (χ4n) is 7.14. The lowest BCUT2D eigenvalue weighted by atomic mass is 10.2. The first-order chi connectivity index (χ1) is 34.3. The van der Waals surface area contributed by atoms with Crippen molar-refractivity contribution in [3.05, 3.63) is 155 Å². The number of ether oxygens (including phenoxy) is 8. The second kappa shape index (κ2) is 21.6. The van der Waals surface area contributed by atoms with Gasteiger partial charge in [0.05, 0.1) is 31.3 Å². The Balaban J connectivity index is 1.01. The molecule has 4 aromatic carbocycles. The normalized spacial score (nSPS) is 11.7. The van der Waals surface area contributed by atoms with E-state index in [0.717, 1.165) is 24.3 Å². The van der Waals surface area contributed by atoms with Crippen molar-refractivity contribution in [3.8, 4) is 28.9 Å². The van der Waals surface area contributed by atoms with Crippen LogP contribution in [0.1, 0.15) is 52.4 Å². The van der Waals surface area contributed by atoms with Gasteiger partial charge in [0.15, 0.2) is 27.8 Å². The number of aliphatic hydroxyl groups excluding tert-OH is 1. The number of carbonyl (C=O) groups excluding carboxylic acids is 3. The van der Waals surface area contributed by atoms with Crippen molar-refractivity contribution in [2.45, 2.75) is 33.0 Å². The summed E-state index contributed by atoms with van der Waals surface area (Å²) in [5.74, 6) is -3.20. The lowest BCUT2D eigenvalue weighted by Gasteiger charge is -2.20. The molecule has 20 heteroatoms. The van der Waals surface area contributed by atoms with E-state index in [0.29, 0.717) is 0 Å². The highest BCUT2D eigenvalue weighted by Gasteiger charge is 2.23. The smallest absolute Gasteiger partial charge is 0.374 e. The van der Waals surface area contributed by atoms with Gasteiger partial charge in [-0.15, -0.1) is 0 Å². The average molecular weight is 975 g/mol. The van der Waals surface area contributed by atoms with Crippen LogP contribution in [0.4, 0.5) is 0 Å². The Bertz CT molecular complexity index is 3430. The lowest BCUT2D eigenvalue weighted by molar-refractivity contribution is 0.0482. The van der Waals surface area contributed by atoms with Crippen molar-refractivity contribution in [2.75, 3.05) is 46.2 Å². The molecule has 0 saturated carbocycles. The average Bonchev–Trinajstić information content (AvgIpc) is 3.35. The van der Waals surface area contributed by atoms with Crippen LogP contribution >= 0.6 is 0 Å². The third-order valence-corrected chi connectivity index (χ3v) is 10.3. The summed E-state index contributed by atoms with van der Waals surface area (Å²) < 4.78 is 67.7. The summed E-state index contributed by atoms with van der Waals surface area (Å²) in [6.45, 7) is 3.72. The van der Waals surface area contributed by atoms with Crippen LogP contribution in [0.5, 0.6) is 28.9 Å². The minimum atomic E-state index is -1.22. The van der Waals surface area contributed by atoms with Gasteiger partial charge in [0, 0.05) is 18.2 Å². The number of rotatable bonds is 20. The largest absolute Gasteiger partial charge is 0.491 e. The minimum absolute atomic E-state index is 0.000596. The van der Waals surface area contributed by atoms with Crippen LogP contribution < -0.4 is 45.4 Å². The molecule has 0 bridgehead atoms. The zero-order valence-corrected chi connectivity index (χ0v) is 38.0. The van der Waals surface area contributed by atoms with E-state index in [-0.39, 0.29) is 136 Å². The van der Waals surface area contributed by atoms with Crippen LogP contribution in [0.2, 0.25) is 0 Å². The fourth-order valence-corrected chi connectivity index (χ4v) is 7.14. The third kappa shape index (κ3) is 11.0. The Kier molecular flexibility index (Phi) is 14.8. The highest BCUT2D eigenvalue weighted by atomic mass is 16.6. The Hall–Kier alpha value is -8.91. The van der Waals surface area contributed by atoms with Gasteiger partial charge in [-0.2, -0.15) is 0 Å². The molecule has 0 fully saturated rings. The van der Waals surface area contributed by atoms with E-state index in [1.165, 1.54) is 66.7 Å². The molecule has 0 radical (unpaired) electrons. The number of carbonyl (C=O) groups is 3. The van der Waals surface area contributed by atoms with Gasteiger partial charge in [0.25, 0.3) is 5.95 Å². The molecule has 8 rings (SSSR count). The second-order valence-corrected chi connectivity index (χ2v) is 15.2. The van der Waals surface area contributed by atoms with E-state index in [4.69, 9.17) is 55.6 Å². The molecule has 1 N–H and O–H groups in total. The van der Waals surface area contributed by atoms with E-state index >= 15 is 0 Å². The fraction of sp³-hybridized carbons (Fsp3) is 0.235. The van der Waals surface area contributed by atoms with Gasteiger partial charge >= 0.3 is 17.9 Å². The summed E-state index contributed by atoms with van der Waals surface area (Å²) in [6.07, 6.45) is -2.37. The quantitative estimate of drug-likeness (QED) is 0.0642. The predicted octanol–water partition coefficient (Wildman–Crippen LogP) is 6.37. The van der Waals surface area contributed by atoms with Crippen molar-refractivity contribution in [1.82, 2.24) is 0 Å². The summed E-state index contributed by atoms with van der Waals surface area (Å²) >= 11 is 0. The van der Waals surface area contributed by atoms with Crippen LogP contribution in [-0.4, -0.2) is 81.5 Å². The van der Waals surface area contributed by atoms with Crippen LogP contribution in [0, 0.1) is 0 Å². The molecule has 1 atom stereocenters. The van der Waals surface area contributed by atoms with Gasteiger partial charge in [-0.1, -0.05) is 18.2 Å². The minimum Gasteiger partial charge on any atom is -0.491 e. The van der Waals surface area contributed by atoms with Crippen molar-refractivity contribution >= 4 is 61.8 Å². The number of hydrogen-bond donors (Lipinski definition) is 1. The molecule has 4 aromatic heterocycles. The van der Waals surface area contributed by atoms with Gasteiger partial charge in [0.1, 0.15) is 94.0 Å². The van der Waals surface area contributed by atoms with Gasteiger partial charge in [0.2, 0.25) is 17.3 Å². The summed E-state index contributed by atoms with van der Waals surface area (Å²) in [6, 6.07) is 21.9. The first-order valence-electron chi connectivity index (χ1n) is 22.0. The first kappa shape index (κ1) is 48.5. The molecule has 20 nitrogen and oxygen atoms in total. The zero-order valence-electron chi connectivity index (χ0n) is 38.0. The number of benzene rings is 4. The highest BCUT2D eigenvalue weighted by Crippen LogP contribution is 2.29. The maximum absolute atomic E-state index is 13.8. The topological polar surface area (TPSA) is 266 Å². The van der Waals surface area contributed by atoms with Crippen LogP contribution in [0.15, 0.2) is 134 Å². The predicted molar refractivity (Wildman–Crippen MR) is 250 cm³/mol.